The third-order valence-corrected chi connectivity index (χ3v) is 2.61. The van der Waals surface area contributed by atoms with Crippen LogP contribution in [0, 0.1) is 0 Å². The van der Waals surface area contributed by atoms with Crippen LogP contribution in [-0.2, 0) is 14.0 Å². The van der Waals surface area contributed by atoms with Gasteiger partial charge in [-0.1, -0.05) is 0 Å². The second-order valence-corrected chi connectivity index (χ2v) is 4.73. The molecule has 0 aromatic rings. The van der Waals surface area contributed by atoms with Crippen molar-refractivity contribution in [1.82, 2.24) is 0 Å². The molecule has 0 atom stereocenters. The average Bonchev–Trinajstić information content (AvgIpc) is 1.98. The summed E-state index contributed by atoms with van der Waals surface area (Å²) in [5.41, 5.74) is -0.598. The van der Waals surface area contributed by atoms with Gasteiger partial charge in [0, 0.05) is 6.10 Å². The third kappa shape index (κ3) is 2.75. The SMILES string of the molecule is B.CC(C)OB1OC(C)(C)C(C)(C)O1. The summed E-state index contributed by atoms with van der Waals surface area (Å²) >= 11 is 0. The van der Waals surface area contributed by atoms with Gasteiger partial charge in [-0.2, -0.15) is 0 Å². The zero-order valence-corrected chi connectivity index (χ0v) is 9.38. The number of hydrogen-bond donors (Lipinski definition) is 0. The minimum absolute atomic E-state index is 0. The Morgan fingerprint density at radius 3 is 1.64 bits per heavy atom. The van der Waals surface area contributed by atoms with Crippen LogP contribution < -0.4 is 0 Å². The molecule has 0 aromatic heterocycles. The van der Waals surface area contributed by atoms with Gasteiger partial charge in [0.25, 0.3) is 0 Å². The van der Waals surface area contributed by atoms with E-state index in [1.165, 1.54) is 0 Å². The predicted octanol–water partition coefficient (Wildman–Crippen LogP) is 0.816. The molecule has 0 N–H and O–H groups in total. The third-order valence-electron chi connectivity index (χ3n) is 2.61. The van der Waals surface area contributed by atoms with E-state index in [-0.39, 0.29) is 25.7 Å². The molecule has 0 radical (unpaired) electrons. The molecule has 1 aliphatic heterocycles. The molecule has 0 aliphatic carbocycles. The van der Waals surface area contributed by atoms with E-state index < -0.39 is 7.32 Å². The first-order valence-corrected chi connectivity index (χ1v) is 4.76. The summed E-state index contributed by atoms with van der Waals surface area (Å²) in [6, 6.07) is 0. The van der Waals surface area contributed by atoms with Crippen LogP contribution in [0.3, 0.4) is 0 Å². The molecule has 82 valence electrons. The van der Waals surface area contributed by atoms with Crippen LogP contribution in [0.1, 0.15) is 41.5 Å². The Hall–Kier alpha value is 0.00987. The van der Waals surface area contributed by atoms with Gasteiger partial charge < -0.3 is 14.0 Å². The lowest BCUT2D eigenvalue weighted by Crippen LogP contribution is -2.41. The molecule has 0 saturated carbocycles. The van der Waals surface area contributed by atoms with Crippen LogP contribution in [0.25, 0.3) is 0 Å². The van der Waals surface area contributed by atoms with E-state index in [9.17, 15) is 0 Å². The molecule has 0 spiro atoms. The largest absolute Gasteiger partial charge is 0.640 e. The standard InChI is InChI=1S/C9H19BO3.BH3/c1-7(2)11-10-12-8(3,4)9(5,6)13-10;/h7H,1-6H3;1H3. The maximum Gasteiger partial charge on any atom is 0.640 e. The molecule has 1 rings (SSSR count). The fraction of sp³-hybridized carbons (Fsp3) is 1.00. The van der Waals surface area contributed by atoms with Crippen molar-refractivity contribution >= 4 is 15.7 Å². The van der Waals surface area contributed by atoms with E-state index in [1.54, 1.807) is 0 Å². The van der Waals surface area contributed by atoms with Gasteiger partial charge in [-0.05, 0) is 41.5 Å². The van der Waals surface area contributed by atoms with Crippen molar-refractivity contribution in [3.63, 3.8) is 0 Å². The van der Waals surface area contributed by atoms with Crippen LogP contribution in [0.15, 0.2) is 0 Å². The summed E-state index contributed by atoms with van der Waals surface area (Å²) in [6.45, 7) is 12.0. The van der Waals surface area contributed by atoms with Crippen molar-refractivity contribution in [2.75, 3.05) is 0 Å². The lowest BCUT2D eigenvalue weighted by Gasteiger charge is -2.31. The molecule has 1 heterocycles. The normalized spacial score (nSPS) is 23.8. The van der Waals surface area contributed by atoms with Gasteiger partial charge in [0.15, 0.2) is 0 Å². The topological polar surface area (TPSA) is 27.7 Å². The fourth-order valence-electron chi connectivity index (χ4n) is 1.07. The smallest absolute Gasteiger partial charge is 0.384 e. The van der Waals surface area contributed by atoms with Crippen LogP contribution in [-0.4, -0.2) is 33.0 Å². The molecule has 1 aliphatic rings. The van der Waals surface area contributed by atoms with Crippen molar-refractivity contribution in [2.45, 2.75) is 58.8 Å². The van der Waals surface area contributed by atoms with Gasteiger partial charge in [-0.15, -0.1) is 0 Å². The Balaban J connectivity index is 0.00000169. The van der Waals surface area contributed by atoms with Crippen LogP contribution >= 0.6 is 0 Å². The first-order valence-electron chi connectivity index (χ1n) is 4.76. The van der Waals surface area contributed by atoms with Crippen molar-refractivity contribution in [2.24, 2.45) is 0 Å². The molecule has 0 bridgehead atoms. The van der Waals surface area contributed by atoms with Gasteiger partial charge in [-0.25, -0.2) is 0 Å². The Kier molecular flexibility index (Phi) is 4.25. The highest BCUT2D eigenvalue weighted by atomic mass is 16.8. The molecular weight excluding hydrogens is 178 g/mol. The molecule has 5 heteroatoms. The lowest BCUT2D eigenvalue weighted by molar-refractivity contribution is 0.00578. The van der Waals surface area contributed by atoms with Crippen LogP contribution in [0.2, 0.25) is 0 Å². The van der Waals surface area contributed by atoms with E-state index in [4.69, 9.17) is 14.0 Å². The highest BCUT2D eigenvalue weighted by molar-refractivity contribution is 6.37. The summed E-state index contributed by atoms with van der Waals surface area (Å²) in [5.74, 6) is 0. The number of rotatable bonds is 2. The van der Waals surface area contributed by atoms with E-state index in [0.29, 0.717) is 0 Å². The maximum absolute atomic E-state index is 5.63. The molecule has 1 saturated heterocycles. The minimum atomic E-state index is -0.523. The zero-order chi connectivity index (χ0) is 10.3. The zero-order valence-electron chi connectivity index (χ0n) is 9.38. The van der Waals surface area contributed by atoms with Gasteiger partial charge in [0.05, 0.1) is 19.6 Å². The first kappa shape index (κ1) is 14.0. The van der Waals surface area contributed by atoms with Crippen molar-refractivity contribution in [3.05, 3.63) is 0 Å². The van der Waals surface area contributed by atoms with Gasteiger partial charge >= 0.3 is 7.32 Å². The van der Waals surface area contributed by atoms with Crippen molar-refractivity contribution in [1.29, 1.82) is 0 Å². The Bertz CT molecular complexity index is 176. The maximum atomic E-state index is 5.63. The Morgan fingerprint density at radius 2 is 1.36 bits per heavy atom. The lowest BCUT2D eigenvalue weighted by atomic mass is 9.90. The molecular formula is C9H22B2O3. The highest BCUT2D eigenvalue weighted by Crippen LogP contribution is 2.36. The second-order valence-electron chi connectivity index (χ2n) is 4.73. The molecule has 3 nitrogen and oxygen atoms in total. The van der Waals surface area contributed by atoms with Crippen molar-refractivity contribution in [3.8, 4) is 0 Å². The molecule has 14 heavy (non-hydrogen) atoms. The number of hydrogen-bond acceptors (Lipinski definition) is 3. The Labute approximate surface area is 89.2 Å². The molecule has 0 aromatic carbocycles. The van der Waals surface area contributed by atoms with E-state index in [0.717, 1.165) is 0 Å². The molecule has 1 fully saturated rings. The molecule has 0 unspecified atom stereocenters. The monoisotopic (exact) mass is 200 g/mol. The van der Waals surface area contributed by atoms with Crippen LogP contribution in [0.4, 0.5) is 0 Å². The average molecular weight is 200 g/mol. The summed E-state index contributed by atoms with van der Waals surface area (Å²) in [5, 5.41) is 0. The highest BCUT2D eigenvalue weighted by Gasteiger charge is 2.53. The predicted molar refractivity (Wildman–Crippen MR) is 62.2 cm³/mol. The van der Waals surface area contributed by atoms with E-state index in [2.05, 4.69) is 0 Å². The first-order chi connectivity index (χ1) is 5.74. The van der Waals surface area contributed by atoms with E-state index in [1.807, 2.05) is 41.5 Å². The van der Waals surface area contributed by atoms with E-state index >= 15 is 0 Å². The summed E-state index contributed by atoms with van der Waals surface area (Å²) in [6.07, 6.45) is 0.120. The quantitative estimate of drug-likeness (QED) is 0.617. The molecule has 0 amide bonds. The van der Waals surface area contributed by atoms with Crippen molar-refractivity contribution < 1.29 is 14.0 Å². The Morgan fingerprint density at radius 1 is 1.00 bits per heavy atom. The fourth-order valence-corrected chi connectivity index (χ4v) is 1.07. The minimum Gasteiger partial charge on any atom is -0.384 e. The second kappa shape index (κ2) is 4.25. The summed E-state index contributed by atoms with van der Waals surface area (Å²) in [4.78, 5) is 0. The van der Waals surface area contributed by atoms with Gasteiger partial charge in [0.1, 0.15) is 0 Å². The van der Waals surface area contributed by atoms with Gasteiger partial charge in [-0.3, -0.25) is 0 Å². The summed E-state index contributed by atoms with van der Waals surface area (Å²) in [7, 11) is -0.523. The summed E-state index contributed by atoms with van der Waals surface area (Å²) < 4.78 is 16.7. The van der Waals surface area contributed by atoms with Crippen LogP contribution in [0.5, 0.6) is 0 Å². The van der Waals surface area contributed by atoms with Gasteiger partial charge in [0.2, 0.25) is 0 Å².